The zero-order chi connectivity index (χ0) is 15.5. The van der Waals surface area contributed by atoms with Gasteiger partial charge in [0.25, 0.3) is 0 Å². The minimum atomic E-state index is -0.889. The Morgan fingerprint density at radius 3 is 2.50 bits per heavy atom. The molecule has 0 aliphatic rings. The molecule has 0 spiro atoms. The van der Waals surface area contributed by atoms with Crippen LogP contribution in [0.5, 0.6) is 0 Å². The monoisotopic (exact) mass is 327 g/mol. The summed E-state index contributed by atoms with van der Waals surface area (Å²) in [7, 11) is 0. The van der Waals surface area contributed by atoms with E-state index in [0.29, 0.717) is 4.88 Å². The van der Waals surface area contributed by atoms with Gasteiger partial charge >= 0.3 is 5.97 Å². The lowest BCUT2D eigenvalue weighted by atomic mass is 10.1. The number of rotatable bonds is 4. The molecule has 3 rings (SSSR count). The zero-order valence-corrected chi connectivity index (χ0v) is 13.4. The molecule has 1 N–H and O–H groups in total. The average Bonchev–Trinajstić information content (AvgIpc) is 3.00. The summed E-state index contributed by atoms with van der Waals surface area (Å²) < 4.78 is 0. The molecule has 0 saturated heterocycles. The molecule has 2 heterocycles. The van der Waals surface area contributed by atoms with Crippen LogP contribution in [-0.2, 0) is 0 Å². The van der Waals surface area contributed by atoms with Crippen molar-refractivity contribution < 1.29 is 9.90 Å². The third-order valence-electron chi connectivity index (χ3n) is 3.24. The first-order valence-corrected chi connectivity index (χ1v) is 8.72. The van der Waals surface area contributed by atoms with Crippen molar-refractivity contribution >= 4 is 29.1 Å². The summed E-state index contributed by atoms with van der Waals surface area (Å²) in [5.74, 6) is -0.889. The molecule has 0 unspecified atom stereocenters. The third kappa shape index (κ3) is 2.77. The van der Waals surface area contributed by atoms with E-state index in [4.69, 9.17) is 4.98 Å². The standard InChI is InChI=1S/C17H13NO2S2/c1-21-15-12(10-22-16(15)17(19)20)14-9-5-8-13(18-14)11-6-3-2-4-7-11/h2-10H,1H3,(H,19,20). The molecule has 0 bridgehead atoms. The van der Waals surface area contributed by atoms with E-state index in [1.165, 1.54) is 23.1 Å². The van der Waals surface area contributed by atoms with Crippen molar-refractivity contribution in [2.24, 2.45) is 0 Å². The van der Waals surface area contributed by atoms with Gasteiger partial charge in [-0.3, -0.25) is 0 Å². The summed E-state index contributed by atoms with van der Waals surface area (Å²) >= 11 is 2.69. The Morgan fingerprint density at radius 1 is 1.09 bits per heavy atom. The number of hydrogen-bond acceptors (Lipinski definition) is 4. The van der Waals surface area contributed by atoms with Gasteiger partial charge in [-0.25, -0.2) is 9.78 Å². The second-order valence-electron chi connectivity index (χ2n) is 4.59. The van der Waals surface area contributed by atoms with Crippen LogP contribution in [0, 0.1) is 0 Å². The fourth-order valence-corrected chi connectivity index (χ4v) is 4.15. The van der Waals surface area contributed by atoms with Gasteiger partial charge in [0.05, 0.1) is 11.4 Å². The van der Waals surface area contributed by atoms with Gasteiger partial charge in [-0.1, -0.05) is 36.4 Å². The second kappa shape index (κ2) is 6.34. The van der Waals surface area contributed by atoms with E-state index in [2.05, 4.69) is 0 Å². The fraction of sp³-hybridized carbons (Fsp3) is 0.0588. The van der Waals surface area contributed by atoms with Crippen LogP contribution < -0.4 is 0 Å². The van der Waals surface area contributed by atoms with E-state index in [1.807, 2.05) is 60.2 Å². The summed E-state index contributed by atoms with van der Waals surface area (Å²) in [6.45, 7) is 0. The predicted octanol–water partition coefficient (Wildman–Crippen LogP) is 4.90. The number of aromatic carboxylic acids is 1. The molecule has 0 fully saturated rings. The van der Waals surface area contributed by atoms with Crippen LogP contribution in [0.25, 0.3) is 22.5 Å². The molecular formula is C17H13NO2S2. The van der Waals surface area contributed by atoms with Crippen LogP contribution in [0.3, 0.4) is 0 Å². The summed E-state index contributed by atoms with van der Waals surface area (Å²) in [6.07, 6.45) is 1.89. The first-order valence-electron chi connectivity index (χ1n) is 6.62. The molecule has 1 aromatic carbocycles. The van der Waals surface area contributed by atoms with Crippen LogP contribution in [-0.4, -0.2) is 22.3 Å². The Morgan fingerprint density at radius 2 is 1.82 bits per heavy atom. The van der Waals surface area contributed by atoms with Crippen LogP contribution in [0.15, 0.2) is 58.8 Å². The SMILES string of the molecule is CSc1c(-c2cccc(-c3ccccc3)n2)csc1C(=O)O. The molecular weight excluding hydrogens is 314 g/mol. The summed E-state index contributed by atoms with van der Waals surface area (Å²) in [6, 6.07) is 15.8. The zero-order valence-electron chi connectivity index (χ0n) is 11.8. The van der Waals surface area contributed by atoms with Crippen molar-refractivity contribution in [1.29, 1.82) is 0 Å². The van der Waals surface area contributed by atoms with Gasteiger partial charge in [0.15, 0.2) is 0 Å². The maximum atomic E-state index is 11.3. The van der Waals surface area contributed by atoms with Gasteiger partial charge in [0, 0.05) is 21.4 Å². The van der Waals surface area contributed by atoms with Gasteiger partial charge in [-0.05, 0) is 18.4 Å². The summed E-state index contributed by atoms with van der Waals surface area (Å²) in [5.41, 5.74) is 3.61. The lowest BCUT2D eigenvalue weighted by molar-refractivity contribution is 0.0699. The Hall–Kier alpha value is -2.11. The highest BCUT2D eigenvalue weighted by Gasteiger charge is 2.18. The second-order valence-corrected chi connectivity index (χ2v) is 6.29. The van der Waals surface area contributed by atoms with Crippen LogP contribution in [0.1, 0.15) is 9.67 Å². The Kier molecular flexibility index (Phi) is 4.27. The first kappa shape index (κ1) is 14.8. The maximum Gasteiger partial charge on any atom is 0.347 e. The number of carbonyl (C=O) groups is 1. The van der Waals surface area contributed by atoms with Gasteiger partial charge in [-0.15, -0.1) is 23.1 Å². The normalized spacial score (nSPS) is 10.6. The van der Waals surface area contributed by atoms with Crippen molar-refractivity contribution in [1.82, 2.24) is 4.98 Å². The lowest BCUT2D eigenvalue weighted by Gasteiger charge is -2.06. The average molecular weight is 327 g/mol. The van der Waals surface area contributed by atoms with Crippen molar-refractivity contribution in [3.63, 3.8) is 0 Å². The molecule has 0 amide bonds. The molecule has 0 saturated carbocycles. The van der Waals surface area contributed by atoms with Crippen LogP contribution in [0.2, 0.25) is 0 Å². The van der Waals surface area contributed by atoms with E-state index in [1.54, 1.807) is 0 Å². The van der Waals surface area contributed by atoms with E-state index < -0.39 is 5.97 Å². The number of thiophene rings is 1. The van der Waals surface area contributed by atoms with E-state index in [-0.39, 0.29) is 0 Å². The van der Waals surface area contributed by atoms with E-state index >= 15 is 0 Å². The minimum absolute atomic E-state index is 0.370. The number of aromatic nitrogens is 1. The van der Waals surface area contributed by atoms with Crippen molar-refractivity contribution in [2.75, 3.05) is 6.26 Å². The summed E-state index contributed by atoms with van der Waals surface area (Å²) in [5, 5.41) is 11.1. The molecule has 0 atom stereocenters. The van der Waals surface area contributed by atoms with Crippen molar-refractivity contribution in [2.45, 2.75) is 4.90 Å². The van der Waals surface area contributed by atoms with Crippen molar-refractivity contribution in [3.05, 3.63) is 58.8 Å². The Balaban J connectivity index is 2.09. The molecule has 3 nitrogen and oxygen atoms in total. The highest BCUT2D eigenvalue weighted by atomic mass is 32.2. The number of carboxylic acids is 1. The largest absolute Gasteiger partial charge is 0.477 e. The third-order valence-corrected chi connectivity index (χ3v) is 5.17. The maximum absolute atomic E-state index is 11.3. The van der Waals surface area contributed by atoms with Crippen molar-refractivity contribution in [3.8, 4) is 22.5 Å². The van der Waals surface area contributed by atoms with Crippen LogP contribution in [0.4, 0.5) is 0 Å². The molecule has 0 radical (unpaired) electrons. The highest BCUT2D eigenvalue weighted by molar-refractivity contribution is 7.99. The smallest absolute Gasteiger partial charge is 0.347 e. The fourth-order valence-electron chi connectivity index (χ4n) is 2.23. The number of pyridine rings is 1. The van der Waals surface area contributed by atoms with Gasteiger partial charge < -0.3 is 5.11 Å². The number of nitrogens with zero attached hydrogens (tertiary/aromatic N) is 1. The topological polar surface area (TPSA) is 50.2 Å². The molecule has 0 aliphatic heterocycles. The Bertz CT molecular complexity index is 813. The minimum Gasteiger partial charge on any atom is -0.477 e. The van der Waals surface area contributed by atoms with Crippen LogP contribution >= 0.6 is 23.1 Å². The quantitative estimate of drug-likeness (QED) is 0.693. The van der Waals surface area contributed by atoms with E-state index in [0.717, 1.165) is 27.4 Å². The lowest BCUT2D eigenvalue weighted by Crippen LogP contribution is -1.94. The predicted molar refractivity (Wildman–Crippen MR) is 91.7 cm³/mol. The molecule has 2 aromatic heterocycles. The van der Waals surface area contributed by atoms with Gasteiger partial charge in [0.2, 0.25) is 0 Å². The van der Waals surface area contributed by atoms with Gasteiger partial charge in [0.1, 0.15) is 4.88 Å². The summed E-state index contributed by atoms with van der Waals surface area (Å²) in [4.78, 5) is 17.1. The Labute approximate surface area is 136 Å². The highest BCUT2D eigenvalue weighted by Crippen LogP contribution is 2.37. The molecule has 110 valence electrons. The number of carboxylic acid groups (broad SMARTS) is 1. The number of hydrogen-bond donors (Lipinski definition) is 1. The van der Waals surface area contributed by atoms with E-state index in [9.17, 15) is 9.90 Å². The molecule has 22 heavy (non-hydrogen) atoms. The molecule has 5 heteroatoms. The molecule has 0 aliphatic carbocycles. The van der Waals surface area contributed by atoms with Gasteiger partial charge in [-0.2, -0.15) is 0 Å². The number of thioether (sulfide) groups is 1. The number of benzene rings is 1. The molecule has 3 aromatic rings. The first-order chi connectivity index (χ1) is 10.7.